The molecular weight excluding hydrogens is 466 g/mol. The largest absolute Gasteiger partial charge is 0.460 e. The van der Waals surface area contributed by atoms with E-state index in [2.05, 4.69) is 19.2 Å². The van der Waals surface area contributed by atoms with Crippen molar-refractivity contribution in [2.45, 2.75) is 84.5 Å². The summed E-state index contributed by atoms with van der Waals surface area (Å²) in [5.74, 6) is -1.17. The van der Waals surface area contributed by atoms with Gasteiger partial charge in [0.15, 0.2) is 11.0 Å². The summed E-state index contributed by atoms with van der Waals surface area (Å²) in [7, 11) is 0. The van der Waals surface area contributed by atoms with Crippen LogP contribution in [0, 0.1) is 0 Å². The van der Waals surface area contributed by atoms with Gasteiger partial charge in [-0.25, -0.2) is 4.79 Å². The van der Waals surface area contributed by atoms with Crippen molar-refractivity contribution in [1.82, 2.24) is 0 Å². The summed E-state index contributed by atoms with van der Waals surface area (Å²) in [6.07, 6.45) is 12.4. The molecule has 1 heterocycles. The number of esters is 1. The second-order valence-corrected chi connectivity index (χ2v) is 9.52. The summed E-state index contributed by atoms with van der Waals surface area (Å²) in [6.45, 7) is 4.60. The molecule has 2 aromatic carbocycles. The van der Waals surface area contributed by atoms with E-state index in [4.69, 9.17) is 9.15 Å². The lowest BCUT2D eigenvalue weighted by Crippen LogP contribution is -2.14. The smallest absolute Gasteiger partial charge is 0.374 e. The molecular formula is C31H39NO5. The maximum atomic E-state index is 12.9. The van der Waals surface area contributed by atoms with Crippen LogP contribution in [0.3, 0.4) is 0 Å². The Morgan fingerprint density at radius 1 is 0.838 bits per heavy atom. The van der Waals surface area contributed by atoms with Crippen LogP contribution >= 0.6 is 0 Å². The molecule has 0 saturated carbocycles. The minimum atomic E-state index is -0.683. The molecule has 3 rings (SSSR count). The summed E-state index contributed by atoms with van der Waals surface area (Å²) in [5.41, 5.74) is 1.83. The van der Waals surface area contributed by atoms with Gasteiger partial charge >= 0.3 is 5.97 Å². The van der Waals surface area contributed by atoms with Crippen molar-refractivity contribution < 1.29 is 18.7 Å². The van der Waals surface area contributed by atoms with Crippen molar-refractivity contribution >= 4 is 28.5 Å². The molecule has 1 N–H and O–H groups in total. The van der Waals surface area contributed by atoms with E-state index in [1.54, 1.807) is 18.2 Å². The third-order valence-corrected chi connectivity index (χ3v) is 6.47. The highest BCUT2D eigenvalue weighted by Crippen LogP contribution is 2.23. The number of hydrogen-bond acceptors (Lipinski definition) is 5. The van der Waals surface area contributed by atoms with E-state index in [1.165, 1.54) is 37.7 Å². The first kappa shape index (κ1) is 28.2. The highest BCUT2D eigenvalue weighted by molar-refractivity contribution is 6.08. The van der Waals surface area contributed by atoms with Gasteiger partial charge in [-0.15, -0.1) is 0 Å². The van der Waals surface area contributed by atoms with E-state index in [9.17, 15) is 14.4 Å². The Bertz CT molecular complexity index is 1210. The maximum absolute atomic E-state index is 12.9. The minimum absolute atomic E-state index is 0.154. The van der Waals surface area contributed by atoms with Gasteiger partial charge in [-0.05, 0) is 49.1 Å². The number of para-hydroxylation sites is 1. The molecule has 37 heavy (non-hydrogen) atoms. The van der Waals surface area contributed by atoms with Gasteiger partial charge < -0.3 is 14.5 Å². The number of carbonyl (C=O) groups is 2. The lowest BCUT2D eigenvalue weighted by Gasteiger charge is -2.10. The van der Waals surface area contributed by atoms with Crippen molar-refractivity contribution in [2.24, 2.45) is 0 Å². The van der Waals surface area contributed by atoms with Crippen LogP contribution in [0.4, 0.5) is 5.69 Å². The first-order valence-corrected chi connectivity index (χ1v) is 13.7. The van der Waals surface area contributed by atoms with E-state index < -0.39 is 5.97 Å². The lowest BCUT2D eigenvalue weighted by molar-refractivity contribution is 0.0462. The molecule has 0 atom stereocenters. The lowest BCUT2D eigenvalue weighted by atomic mass is 10.0. The first-order chi connectivity index (χ1) is 18.0. The van der Waals surface area contributed by atoms with Crippen molar-refractivity contribution in [3.8, 4) is 0 Å². The van der Waals surface area contributed by atoms with Gasteiger partial charge in [0, 0.05) is 11.6 Å². The number of benzene rings is 2. The minimum Gasteiger partial charge on any atom is -0.460 e. The van der Waals surface area contributed by atoms with Crippen LogP contribution in [0.1, 0.15) is 105 Å². The summed E-state index contributed by atoms with van der Waals surface area (Å²) in [4.78, 5) is 38.0. The normalized spacial score (nSPS) is 11.0. The predicted molar refractivity (Wildman–Crippen MR) is 148 cm³/mol. The van der Waals surface area contributed by atoms with Crippen LogP contribution < -0.4 is 10.7 Å². The summed E-state index contributed by atoms with van der Waals surface area (Å²) >= 11 is 0. The van der Waals surface area contributed by atoms with Crippen molar-refractivity contribution in [3.63, 3.8) is 0 Å². The van der Waals surface area contributed by atoms with Crippen LogP contribution in [0.5, 0.6) is 0 Å². The van der Waals surface area contributed by atoms with E-state index in [-0.39, 0.29) is 34.7 Å². The van der Waals surface area contributed by atoms with E-state index in [1.807, 2.05) is 24.3 Å². The number of amides is 1. The Balaban J connectivity index is 1.65. The molecule has 6 nitrogen and oxygen atoms in total. The molecule has 0 aliphatic heterocycles. The molecule has 198 valence electrons. The van der Waals surface area contributed by atoms with Crippen LogP contribution in [0.2, 0.25) is 0 Å². The predicted octanol–water partition coefficient (Wildman–Crippen LogP) is 7.69. The quantitative estimate of drug-likeness (QED) is 0.169. The van der Waals surface area contributed by atoms with Crippen LogP contribution in [0.25, 0.3) is 11.0 Å². The average molecular weight is 506 g/mol. The zero-order valence-electron chi connectivity index (χ0n) is 22.1. The standard InChI is InChI=1S/C31H39NO5/c1-3-5-7-9-10-11-14-23-17-19-24(20-18-23)30(34)32-26-16-13-15-25-27(33)22-28(37-29(25)26)31(35)36-21-12-8-6-4-2/h13,15-20,22H,3-12,14,21H2,1-2H3,(H,32,34). The van der Waals surface area contributed by atoms with Crippen molar-refractivity contribution in [2.75, 3.05) is 11.9 Å². The highest BCUT2D eigenvalue weighted by atomic mass is 16.5. The van der Waals surface area contributed by atoms with Gasteiger partial charge in [-0.1, -0.05) is 83.4 Å². The molecule has 0 unspecified atom stereocenters. The average Bonchev–Trinajstić information content (AvgIpc) is 2.91. The van der Waals surface area contributed by atoms with Crippen LogP contribution in [0.15, 0.2) is 57.7 Å². The maximum Gasteiger partial charge on any atom is 0.374 e. The Morgan fingerprint density at radius 3 is 2.24 bits per heavy atom. The van der Waals surface area contributed by atoms with Crippen molar-refractivity contribution in [3.05, 3.63) is 75.6 Å². The van der Waals surface area contributed by atoms with Gasteiger partial charge in [0.1, 0.15) is 0 Å². The molecule has 0 bridgehead atoms. The van der Waals surface area contributed by atoms with Gasteiger partial charge in [0.2, 0.25) is 5.76 Å². The fraction of sp³-hybridized carbons (Fsp3) is 0.452. The molecule has 0 fully saturated rings. The van der Waals surface area contributed by atoms with Gasteiger partial charge in [0.05, 0.1) is 17.7 Å². The Labute approximate surface area is 219 Å². The van der Waals surface area contributed by atoms with E-state index >= 15 is 0 Å². The van der Waals surface area contributed by atoms with E-state index in [0.29, 0.717) is 11.3 Å². The number of ether oxygens (including phenoxy) is 1. The highest BCUT2D eigenvalue weighted by Gasteiger charge is 2.17. The fourth-order valence-corrected chi connectivity index (χ4v) is 4.27. The second kappa shape index (κ2) is 15.0. The number of fused-ring (bicyclic) bond motifs is 1. The molecule has 6 heteroatoms. The van der Waals surface area contributed by atoms with Crippen LogP contribution in [-0.2, 0) is 11.2 Å². The Hall–Kier alpha value is -3.41. The van der Waals surface area contributed by atoms with Gasteiger partial charge in [-0.2, -0.15) is 0 Å². The summed E-state index contributed by atoms with van der Waals surface area (Å²) in [6, 6.07) is 13.7. The van der Waals surface area contributed by atoms with Crippen molar-refractivity contribution in [1.29, 1.82) is 0 Å². The Morgan fingerprint density at radius 2 is 1.51 bits per heavy atom. The number of anilines is 1. The molecule has 0 aliphatic rings. The SMILES string of the molecule is CCCCCCCCc1ccc(C(=O)Nc2cccc3c(=O)cc(C(=O)OCCCCCC)oc23)cc1. The number of nitrogens with one attached hydrogen (secondary N) is 1. The number of hydrogen-bond donors (Lipinski definition) is 1. The molecule has 1 amide bonds. The second-order valence-electron chi connectivity index (χ2n) is 9.52. The topological polar surface area (TPSA) is 85.6 Å². The molecule has 0 saturated heterocycles. The summed E-state index contributed by atoms with van der Waals surface area (Å²) in [5, 5.41) is 3.11. The molecule has 3 aromatic rings. The van der Waals surface area contributed by atoms with Crippen LogP contribution in [-0.4, -0.2) is 18.5 Å². The van der Waals surface area contributed by atoms with Gasteiger partial charge in [0.25, 0.3) is 5.91 Å². The zero-order chi connectivity index (χ0) is 26.5. The third kappa shape index (κ3) is 8.59. The molecule has 0 spiro atoms. The molecule has 1 aromatic heterocycles. The van der Waals surface area contributed by atoms with Gasteiger partial charge in [-0.3, -0.25) is 9.59 Å². The first-order valence-electron chi connectivity index (χ1n) is 13.7. The summed E-state index contributed by atoms with van der Waals surface area (Å²) < 4.78 is 11.0. The third-order valence-electron chi connectivity index (χ3n) is 6.47. The number of aryl methyl sites for hydroxylation is 1. The number of unbranched alkanes of at least 4 members (excludes halogenated alkanes) is 8. The molecule has 0 radical (unpaired) electrons. The van der Waals surface area contributed by atoms with E-state index in [0.717, 1.165) is 44.6 Å². The number of rotatable bonds is 15. The zero-order valence-corrected chi connectivity index (χ0v) is 22.1. The Kier molecular flexibility index (Phi) is 11.4. The number of carbonyl (C=O) groups excluding carboxylic acids is 2. The fourth-order valence-electron chi connectivity index (χ4n) is 4.27. The monoisotopic (exact) mass is 505 g/mol. The molecule has 0 aliphatic carbocycles.